The Kier molecular flexibility index (Phi) is 5.49. The van der Waals surface area contributed by atoms with Gasteiger partial charge in [-0.25, -0.2) is 21.9 Å². The Labute approximate surface area is 135 Å². The van der Waals surface area contributed by atoms with Gasteiger partial charge in [0.25, 0.3) is 0 Å². The summed E-state index contributed by atoms with van der Waals surface area (Å²) in [6.45, 7) is -0.131. The van der Waals surface area contributed by atoms with Crippen LogP contribution in [-0.2, 0) is 10.0 Å². The second kappa shape index (κ2) is 7.17. The van der Waals surface area contributed by atoms with Gasteiger partial charge in [0.05, 0.1) is 4.90 Å². The standard InChI is InChI=1S/C14H12BrF2NO3S/c15-10-1-4-12(5-2-10)22(19,20)18-7-8-21-14-6-3-11(16)9-13(14)17/h1-6,9,18H,7-8H2. The van der Waals surface area contributed by atoms with Crippen LogP contribution in [0.5, 0.6) is 5.75 Å². The van der Waals surface area contributed by atoms with Crippen LogP contribution in [0.25, 0.3) is 0 Å². The molecule has 2 rings (SSSR count). The first-order valence-electron chi connectivity index (χ1n) is 6.21. The highest BCUT2D eigenvalue weighted by molar-refractivity contribution is 9.10. The van der Waals surface area contributed by atoms with Gasteiger partial charge in [0.15, 0.2) is 11.6 Å². The highest BCUT2D eigenvalue weighted by Crippen LogP contribution is 2.17. The van der Waals surface area contributed by atoms with Crippen LogP contribution in [0.4, 0.5) is 8.78 Å². The third-order valence-corrected chi connectivity index (χ3v) is 4.68. The molecule has 0 saturated heterocycles. The number of halogens is 3. The van der Waals surface area contributed by atoms with E-state index < -0.39 is 21.7 Å². The summed E-state index contributed by atoms with van der Waals surface area (Å²) in [5.41, 5.74) is 0. The molecule has 1 N–H and O–H groups in total. The zero-order valence-electron chi connectivity index (χ0n) is 11.2. The molecule has 0 heterocycles. The summed E-state index contributed by atoms with van der Waals surface area (Å²) in [6.07, 6.45) is 0. The van der Waals surface area contributed by atoms with Crippen molar-refractivity contribution >= 4 is 26.0 Å². The number of hydrogen-bond donors (Lipinski definition) is 1. The fourth-order valence-electron chi connectivity index (χ4n) is 1.63. The van der Waals surface area contributed by atoms with Crippen molar-refractivity contribution in [3.8, 4) is 5.75 Å². The lowest BCUT2D eigenvalue weighted by Gasteiger charge is -2.09. The molecule has 0 aliphatic carbocycles. The van der Waals surface area contributed by atoms with Crippen molar-refractivity contribution < 1.29 is 21.9 Å². The van der Waals surface area contributed by atoms with Crippen molar-refractivity contribution in [2.75, 3.05) is 13.2 Å². The molecule has 0 atom stereocenters. The van der Waals surface area contributed by atoms with E-state index >= 15 is 0 Å². The van der Waals surface area contributed by atoms with Crippen LogP contribution in [0.1, 0.15) is 0 Å². The smallest absolute Gasteiger partial charge is 0.240 e. The van der Waals surface area contributed by atoms with Gasteiger partial charge >= 0.3 is 0 Å². The van der Waals surface area contributed by atoms with Gasteiger partial charge in [-0.1, -0.05) is 15.9 Å². The third kappa shape index (κ3) is 4.49. The van der Waals surface area contributed by atoms with Crippen LogP contribution in [0.15, 0.2) is 51.8 Å². The Morgan fingerprint density at radius 2 is 1.77 bits per heavy atom. The molecule has 0 saturated carbocycles. The number of benzene rings is 2. The van der Waals surface area contributed by atoms with Crippen molar-refractivity contribution in [3.05, 3.63) is 58.6 Å². The quantitative estimate of drug-likeness (QED) is 0.769. The van der Waals surface area contributed by atoms with Crippen LogP contribution in [0.2, 0.25) is 0 Å². The molecule has 2 aromatic carbocycles. The predicted octanol–water partition coefficient (Wildman–Crippen LogP) is 3.08. The molecule has 0 spiro atoms. The zero-order chi connectivity index (χ0) is 16.2. The minimum absolute atomic E-state index is 0.0464. The topological polar surface area (TPSA) is 55.4 Å². The molecule has 0 bridgehead atoms. The normalized spacial score (nSPS) is 11.4. The maximum atomic E-state index is 13.3. The van der Waals surface area contributed by atoms with Gasteiger partial charge in [-0.3, -0.25) is 0 Å². The average Bonchev–Trinajstić information content (AvgIpc) is 2.46. The maximum Gasteiger partial charge on any atom is 0.240 e. The maximum absolute atomic E-state index is 13.3. The molecule has 0 unspecified atom stereocenters. The summed E-state index contributed by atoms with van der Waals surface area (Å²) in [5, 5.41) is 0. The second-order valence-electron chi connectivity index (χ2n) is 4.27. The van der Waals surface area contributed by atoms with Gasteiger partial charge in [-0.2, -0.15) is 0 Å². The van der Waals surface area contributed by atoms with Gasteiger partial charge in [0.1, 0.15) is 12.4 Å². The van der Waals surface area contributed by atoms with Gasteiger partial charge in [0.2, 0.25) is 10.0 Å². The van der Waals surface area contributed by atoms with E-state index in [0.29, 0.717) is 6.07 Å². The molecule has 0 amide bonds. The van der Waals surface area contributed by atoms with E-state index in [9.17, 15) is 17.2 Å². The Morgan fingerprint density at radius 3 is 2.41 bits per heavy atom. The van der Waals surface area contributed by atoms with E-state index in [1.165, 1.54) is 12.1 Å². The van der Waals surface area contributed by atoms with Crippen LogP contribution in [0, 0.1) is 11.6 Å². The van der Waals surface area contributed by atoms with Crippen molar-refractivity contribution in [3.63, 3.8) is 0 Å². The first-order valence-corrected chi connectivity index (χ1v) is 8.49. The lowest BCUT2D eigenvalue weighted by molar-refractivity contribution is 0.305. The molecule has 4 nitrogen and oxygen atoms in total. The number of nitrogens with one attached hydrogen (secondary N) is 1. The van der Waals surface area contributed by atoms with E-state index in [0.717, 1.165) is 16.6 Å². The monoisotopic (exact) mass is 391 g/mol. The molecule has 2 aromatic rings. The van der Waals surface area contributed by atoms with Gasteiger partial charge in [0, 0.05) is 17.1 Å². The Balaban J connectivity index is 1.89. The minimum Gasteiger partial charge on any atom is -0.489 e. The molecule has 0 aromatic heterocycles. The Bertz CT molecular complexity index is 751. The molecule has 118 valence electrons. The largest absolute Gasteiger partial charge is 0.489 e. The van der Waals surface area contributed by atoms with E-state index in [-0.39, 0.29) is 23.8 Å². The first kappa shape index (κ1) is 16.9. The van der Waals surface area contributed by atoms with Gasteiger partial charge in [-0.05, 0) is 36.4 Å². The molecule has 22 heavy (non-hydrogen) atoms. The predicted molar refractivity (Wildman–Crippen MR) is 81.2 cm³/mol. The summed E-state index contributed by atoms with van der Waals surface area (Å²) in [7, 11) is -3.65. The van der Waals surface area contributed by atoms with E-state index in [1.807, 2.05) is 0 Å². The first-order chi connectivity index (χ1) is 10.4. The summed E-state index contributed by atoms with van der Waals surface area (Å²) in [5.74, 6) is -1.68. The zero-order valence-corrected chi connectivity index (χ0v) is 13.6. The fourth-order valence-corrected chi connectivity index (χ4v) is 2.90. The number of sulfonamides is 1. The summed E-state index contributed by atoms with van der Waals surface area (Å²) < 4.78 is 58.1. The lowest BCUT2D eigenvalue weighted by atomic mass is 10.3. The summed E-state index contributed by atoms with van der Waals surface area (Å²) in [4.78, 5) is 0.115. The number of hydrogen-bond acceptors (Lipinski definition) is 3. The second-order valence-corrected chi connectivity index (χ2v) is 6.96. The lowest BCUT2D eigenvalue weighted by Crippen LogP contribution is -2.28. The highest BCUT2D eigenvalue weighted by atomic mass is 79.9. The van der Waals surface area contributed by atoms with Crippen LogP contribution >= 0.6 is 15.9 Å². The van der Waals surface area contributed by atoms with Crippen molar-refractivity contribution in [1.82, 2.24) is 4.72 Å². The fraction of sp³-hybridized carbons (Fsp3) is 0.143. The van der Waals surface area contributed by atoms with E-state index in [4.69, 9.17) is 4.74 Å². The number of ether oxygens (including phenoxy) is 1. The number of rotatable bonds is 6. The molecule has 0 aliphatic rings. The van der Waals surface area contributed by atoms with Crippen LogP contribution in [-0.4, -0.2) is 21.6 Å². The molecule has 0 radical (unpaired) electrons. The van der Waals surface area contributed by atoms with Crippen LogP contribution in [0.3, 0.4) is 0 Å². The van der Waals surface area contributed by atoms with Crippen molar-refractivity contribution in [1.29, 1.82) is 0 Å². The highest BCUT2D eigenvalue weighted by Gasteiger charge is 2.13. The SMILES string of the molecule is O=S(=O)(NCCOc1ccc(F)cc1F)c1ccc(Br)cc1. The van der Waals surface area contributed by atoms with Crippen LogP contribution < -0.4 is 9.46 Å². The summed E-state index contributed by atoms with van der Waals surface area (Å²) in [6, 6.07) is 9.03. The average molecular weight is 392 g/mol. The van der Waals surface area contributed by atoms with E-state index in [1.54, 1.807) is 12.1 Å². The van der Waals surface area contributed by atoms with Crippen molar-refractivity contribution in [2.24, 2.45) is 0 Å². The van der Waals surface area contributed by atoms with Gasteiger partial charge < -0.3 is 4.74 Å². The van der Waals surface area contributed by atoms with Crippen molar-refractivity contribution in [2.45, 2.75) is 4.90 Å². The molecule has 0 fully saturated rings. The third-order valence-electron chi connectivity index (χ3n) is 2.67. The molecular formula is C14H12BrF2NO3S. The Morgan fingerprint density at radius 1 is 1.09 bits per heavy atom. The molecule has 8 heteroatoms. The molecular weight excluding hydrogens is 380 g/mol. The summed E-state index contributed by atoms with van der Waals surface area (Å²) >= 11 is 3.22. The van der Waals surface area contributed by atoms with Gasteiger partial charge in [-0.15, -0.1) is 0 Å². The van der Waals surface area contributed by atoms with E-state index in [2.05, 4.69) is 20.7 Å². The Hall–Kier alpha value is -1.51. The minimum atomic E-state index is -3.65. The molecule has 0 aliphatic heterocycles.